The zero-order valence-corrected chi connectivity index (χ0v) is 40.8. The van der Waals surface area contributed by atoms with Crippen molar-refractivity contribution in [3.05, 3.63) is 24.3 Å². The van der Waals surface area contributed by atoms with Gasteiger partial charge < -0.3 is 27.9 Å². The summed E-state index contributed by atoms with van der Waals surface area (Å²) in [5, 5.41) is 0. The fraction of sp³-hybridized carbons (Fsp3) is 0.880. The van der Waals surface area contributed by atoms with Crippen molar-refractivity contribution in [3.8, 4) is 0 Å². The number of carbonyl (C=O) groups is 2. The summed E-state index contributed by atoms with van der Waals surface area (Å²) in [7, 11) is 1.17. The fourth-order valence-electron chi connectivity index (χ4n) is 7.04. The van der Waals surface area contributed by atoms with Crippen LogP contribution in [0.5, 0.6) is 0 Å². The monoisotopic (exact) mass is 870 g/mol. The standard InChI is InChI=1S/C50H96NO8P/c1-6-8-10-12-14-16-18-20-22-23-24-25-26-27-29-31-33-35-37-39-41-43-50(53)59-48(47-58-60(54,55)57-45-44-51(3,4)5)46-56-49(52)42-40-38-36-34-32-30-28-21-19-17-15-13-11-9-7-2/h15,17,21,28,48H,6-14,16,18-20,22-27,29-47H2,1-5H3/b17-15+,28-21+/t48-/m1/s1. The van der Waals surface area contributed by atoms with Gasteiger partial charge in [-0.15, -0.1) is 0 Å². The van der Waals surface area contributed by atoms with E-state index in [2.05, 4.69) is 38.2 Å². The molecule has 9 nitrogen and oxygen atoms in total. The first-order valence-corrected chi connectivity index (χ1v) is 26.5. The third kappa shape index (κ3) is 46.0. The zero-order chi connectivity index (χ0) is 44.3. The molecule has 0 bridgehead atoms. The Bertz CT molecular complexity index is 1070. The summed E-state index contributed by atoms with van der Waals surface area (Å²) in [5.41, 5.74) is 0. The van der Waals surface area contributed by atoms with E-state index in [1.807, 2.05) is 21.1 Å². The van der Waals surface area contributed by atoms with E-state index in [-0.39, 0.29) is 26.1 Å². The molecule has 2 atom stereocenters. The second kappa shape index (κ2) is 42.8. The van der Waals surface area contributed by atoms with Gasteiger partial charge in [0.15, 0.2) is 6.10 Å². The van der Waals surface area contributed by atoms with E-state index in [4.69, 9.17) is 18.5 Å². The average molecular weight is 870 g/mol. The van der Waals surface area contributed by atoms with Crippen molar-refractivity contribution in [1.29, 1.82) is 0 Å². The molecular weight excluding hydrogens is 774 g/mol. The summed E-state index contributed by atoms with van der Waals surface area (Å²) in [6.07, 6.45) is 47.8. The Labute approximate surface area is 370 Å². The van der Waals surface area contributed by atoms with Crippen molar-refractivity contribution in [1.82, 2.24) is 0 Å². The maximum atomic E-state index is 12.7. The minimum absolute atomic E-state index is 0.0310. The van der Waals surface area contributed by atoms with E-state index in [0.29, 0.717) is 23.9 Å². The van der Waals surface area contributed by atoms with Crippen LogP contribution in [-0.2, 0) is 32.7 Å². The number of hydrogen-bond acceptors (Lipinski definition) is 8. The molecule has 0 heterocycles. The number of esters is 2. The molecule has 0 saturated carbocycles. The molecule has 0 rings (SSSR count). The van der Waals surface area contributed by atoms with Gasteiger partial charge in [0.25, 0.3) is 7.82 Å². The van der Waals surface area contributed by atoms with Crippen molar-refractivity contribution in [2.75, 3.05) is 47.5 Å². The largest absolute Gasteiger partial charge is 0.756 e. The van der Waals surface area contributed by atoms with Crippen LogP contribution in [0.4, 0.5) is 0 Å². The topological polar surface area (TPSA) is 111 Å². The van der Waals surface area contributed by atoms with Crippen LogP contribution in [0.3, 0.4) is 0 Å². The third-order valence-corrected chi connectivity index (χ3v) is 11.9. The van der Waals surface area contributed by atoms with Crippen LogP contribution in [0, 0.1) is 0 Å². The number of likely N-dealkylation sites (N-methyl/N-ethyl adjacent to an activating group) is 1. The number of ether oxygens (including phenoxy) is 2. The Kier molecular flexibility index (Phi) is 41.7. The Morgan fingerprint density at radius 2 is 0.900 bits per heavy atom. The van der Waals surface area contributed by atoms with E-state index < -0.39 is 32.5 Å². The summed E-state index contributed by atoms with van der Waals surface area (Å²) in [6.45, 7) is 4.22. The molecule has 0 aromatic carbocycles. The van der Waals surface area contributed by atoms with Crippen LogP contribution >= 0.6 is 7.82 Å². The van der Waals surface area contributed by atoms with Crippen molar-refractivity contribution in [2.24, 2.45) is 0 Å². The minimum atomic E-state index is -4.63. The Hall–Kier alpha value is -1.51. The van der Waals surface area contributed by atoms with E-state index in [9.17, 15) is 19.0 Å². The van der Waals surface area contributed by atoms with E-state index in [1.165, 1.54) is 141 Å². The summed E-state index contributed by atoms with van der Waals surface area (Å²) < 4.78 is 34.0. The highest BCUT2D eigenvalue weighted by Gasteiger charge is 2.21. The molecular formula is C50H96NO8P. The first-order valence-electron chi connectivity index (χ1n) is 25.0. The molecule has 1 unspecified atom stereocenters. The van der Waals surface area contributed by atoms with Gasteiger partial charge in [-0.1, -0.05) is 199 Å². The number of allylic oxidation sites excluding steroid dienone is 4. The summed E-state index contributed by atoms with van der Waals surface area (Å²) >= 11 is 0. The molecule has 60 heavy (non-hydrogen) atoms. The fourth-order valence-corrected chi connectivity index (χ4v) is 7.77. The van der Waals surface area contributed by atoms with E-state index in [1.54, 1.807) is 0 Å². The van der Waals surface area contributed by atoms with Gasteiger partial charge in [0, 0.05) is 12.8 Å². The lowest BCUT2D eigenvalue weighted by Gasteiger charge is -2.28. The predicted octanol–water partition coefficient (Wildman–Crippen LogP) is 14.1. The minimum Gasteiger partial charge on any atom is -0.756 e. The number of phosphoric acid groups is 1. The first-order chi connectivity index (χ1) is 29.0. The number of rotatable bonds is 46. The Balaban J connectivity index is 4.24. The lowest BCUT2D eigenvalue weighted by atomic mass is 10.0. The highest BCUT2D eigenvalue weighted by atomic mass is 31.2. The van der Waals surface area contributed by atoms with E-state index in [0.717, 1.165) is 51.4 Å². The summed E-state index contributed by atoms with van der Waals surface area (Å²) in [4.78, 5) is 37.7. The van der Waals surface area contributed by atoms with Gasteiger partial charge >= 0.3 is 11.9 Å². The third-order valence-electron chi connectivity index (χ3n) is 11.0. The highest BCUT2D eigenvalue weighted by molar-refractivity contribution is 7.45. The number of phosphoric ester groups is 1. The van der Waals surface area contributed by atoms with Crippen molar-refractivity contribution < 1.29 is 42.1 Å². The smallest absolute Gasteiger partial charge is 0.306 e. The second-order valence-corrected chi connectivity index (χ2v) is 19.6. The van der Waals surface area contributed by atoms with Crippen LogP contribution in [0.15, 0.2) is 24.3 Å². The molecule has 0 spiro atoms. The molecule has 0 aliphatic carbocycles. The van der Waals surface area contributed by atoms with Crippen LogP contribution < -0.4 is 4.89 Å². The molecule has 354 valence electrons. The predicted molar refractivity (Wildman–Crippen MR) is 250 cm³/mol. The number of nitrogens with zero attached hydrogens (tertiary/aromatic N) is 1. The second-order valence-electron chi connectivity index (χ2n) is 18.2. The van der Waals surface area contributed by atoms with Gasteiger partial charge in [-0.05, 0) is 44.9 Å². The van der Waals surface area contributed by atoms with Gasteiger partial charge in [-0.3, -0.25) is 14.2 Å². The molecule has 0 aromatic rings. The highest BCUT2D eigenvalue weighted by Crippen LogP contribution is 2.38. The Morgan fingerprint density at radius 3 is 1.35 bits per heavy atom. The maximum Gasteiger partial charge on any atom is 0.306 e. The molecule has 0 N–H and O–H groups in total. The summed E-state index contributed by atoms with van der Waals surface area (Å²) in [6, 6.07) is 0. The number of hydrogen-bond donors (Lipinski definition) is 0. The summed E-state index contributed by atoms with van der Waals surface area (Å²) in [5.74, 6) is -0.839. The van der Waals surface area contributed by atoms with Crippen molar-refractivity contribution in [2.45, 2.75) is 238 Å². The molecule has 10 heteroatoms. The molecule has 0 saturated heterocycles. The zero-order valence-electron chi connectivity index (χ0n) is 39.9. The van der Waals surface area contributed by atoms with Gasteiger partial charge in [0.05, 0.1) is 27.7 Å². The van der Waals surface area contributed by atoms with Crippen LogP contribution in [0.25, 0.3) is 0 Å². The lowest BCUT2D eigenvalue weighted by Crippen LogP contribution is -2.37. The van der Waals surface area contributed by atoms with Gasteiger partial charge in [-0.25, -0.2) is 0 Å². The van der Waals surface area contributed by atoms with Crippen LogP contribution in [0.1, 0.15) is 232 Å². The quantitative estimate of drug-likeness (QED) is 0.0195. The SMILES string of the molecule is CCCCC/C=C/C/C=C/CCCCCCCC(=O)OC[C@H](COP(=O)([O-])OCC[N+](C)(C)C)OC(=O)CCCCCCCCCCCCCCCCCCCCCCC. The Morgan fingerprint density at radius 1 is 0.517 bits per heavy atom. The molecule has 0 fully saturated rings. The number of carbonyl (C=O) groups excluding carboxylic acids is 2. The van der Waals surface area contributed by atoms with E-state index >= 15 is 0 Å². The van der Waals surface area contributed by atoms with Gasteiger partial charge in [-0.2, -0.15) is 0 Å². The normalized spacial score (nSPS) is 13.6. The number of quaternary nitrogens is 1. The van der Waals surface area contributed by atoms with Crippen LogP contribution in [0.2, 0.25) is 0 Å². The van der Waals surface area contributed by atoms with Crippen molar-refractivity contribution >= 4 is 19.8 Å². The molecule has 0 aliphatic rings. The van der Waals surface area contributed by atoms with Gasteiger partial charge in [0.1, 0.15) is 19.8 Å². The average Bonchev–Trinajstić information content (AvgIpc) is 3.20. The number of unbranched alkanes of at least 4 members (excludes halogenated alkanes) is 28. The van der Waals surface area contributed by atoms with Crippen LogP contribution in [-0.4, -0.2) is 70.0 Å². The maximum absolute atomic E-state index is 12.7. The molecule has 0 aliphatic heterocycles. The lowest BCUT2D eigenvalue weighted by molar-refractivity contribution is -0.870. The van der Waals surface area contributed by atoms with Gasteiger partial charge in [0.2, 0.25) is 0 Å². The van der Waals surface area contributed by atoms with Crippen molar-refractivity contribution in [3.63, 3.8) is 0 Å². The molecule has 0 aromatic heterocycles. The molecule has 0 amide bonds. The molecule has 0 radical (unpaired) electrons. The first kappa shape index (κ1) is 58.5.